The van der Waals surface area contributed by atoms with Crippen LogP contribution in [0.1, 0.15) is 17.0 Å². The normalized spacial score (nSPS) is 11.1. The molecule has 0 atom stereocenters. The maximum absolute atomic E-state index is 11.9. The molecule has 1 heterocycles. The molecular weight excluding hydrogens is 296 g/mol. The van der Waals surface area contributed by atoms with Gasteiger partial charge in [-0.3, -0.25) is 9.69 Å². The summed E-state index contributed by atoms with van der Waals surface area (Å²) in [7, 11) is 1.79. The van der Waals surface area contributed by atoms with E-state index < -0.39 is 5.43 Å². The lowest BCUT2D eigenvalue weighted by Crippen LogP contribution is -2.27. The van der Waals surface area contributed by atoms with Crippen molar-refractivity contribution >= 4 is 0 Å². The molecule has 1 aromatic heterocycles. The Morgan fingerprint density at radius 2 is 1.87 bits per heavy atom. The first kappa shape index (κ1) is 17.2. The van der Waals surface area contributed by atoms with Gasteiger partial charge in [-0.15, -0.1) is 0 Å². The first-order chi connectivity index (χ1) is 11.1. The highest BCUT2D eigenvalue weighted by molar-refractivity contribution is 5.31. The third-order valence-electron chi connectivity index (χ3n) is 3.72. The van der Waals surface area contributed by atoms with Gasteiger partial charge in [-0.2, -0.15) is 0 Å². The van der Waals surface area contributed by atoms with Crippen molar-refractivity contribution < 1.29 is 15.3 Å². The highest BCUT2D eigenvalue weighted by Gasteiger charge is 2.16. The quantitative estimate of drug-likeness (QED) is 0.693. The summed E-state index contributed by atoms with van der Waals surface area (Å²) in [6, 6.07) is 10.9. The van der Waals surface area contributed by atoms with Crippen molar-refractivity contribution in [1.82, 2.24) is 9.47 Å². The Balaban J connectivity index is 2.48. The van der Waals surface area contributed by atoms with Gasteiger partial charge in [0.1, 0.15) is 0 Å². The minimum Gasteiger partial charge on any atom is -0.503 e. The summed E-state index contributed by atoms with van der Waals surface area (Å²) in [6.07, 6.45) is 0. The van der Waals surface area contributed by atoms with Gasteiger partial charge in [-0.1, -0.05) is 30.3 Å². The van der Waals surface area contributed by atoms with Crippen LogP contribution in [0.4, 0.5) is 0 Å². The maximum atomic E-state index is 11.9. The summed E-state index contributed by atoms with van der Waals surface area (Å²) < 4.78 is 1.75. The highest BCUT2D eigenvalue weighted by atomic mass is 16.3. The van der Waals surface area contributed by atoms with E-state index >= 15 is 0 Å². The fourth-order valence-electron chi connectivity index (χ4n) is 2.50. The van der Waals surface area contributed by atoms with Crippen molar-refractivity contribution in [3.05, 3.63) is 63.6 Å². The van der Waals surface area contributed by atoms with Crippen LogP contribution in [-0.2, 0) is 19.7 Å². The number of benzene rings is 1. The molecule has 2 rings (SSSR count). The molecule has 0 radical (unpaired) electrons. The summed E-state index contributed by atoms with van der Waals surface area (Å²) in [5.41, 5.74) is 1.37. The molecule has 3 N–H and O–H groups in total. The molecule has 0 bridgehead atoms. The Kier molecular flexibility index (Phi) is 5.92. The molecule has 6 nitrogen and oxygen atoms in total. The lowest BCUT2D eigenvalue weighted by molar-refractivity contribution is 0.211. The summed E-state index contributed by atoms with van der Waals surface area (Å²) in [5.74, 6) is -0.317. The molecule has 0 aliphatic carbocycles. The molecule has 0 saturated carbocycles. The molecular formula is C17H22N2O4. The molecule has 0 aliphatic rings. The van der Waals surface area contributed by atoms with Crippen LogP contribution >= 0.6 is 0 Å². The van der Waals surface area contributed by atoms with Gasteiger partial charge in [0.25, 0.3) is 0 Å². The number of aromatic hydroxyl groups is 1. The predicted octanol–water partition coefficient (Wildman–Crippen LogP) is 0.519. The van der Waals surface area contributed by atoms with E-state index in [-0.39, 0.29) is 19.0 Å². The van der Waals surface area contributed by atoms with Gasteiger partial charge in [-0.25, -0.2) is 0 Å². The summed E-state index contributed by atoms with van der Waals surface area (Å²) in [6.45, 7) is 0.844. The molecule has 0 spiro atoms. The van der Waals surface area contributed by atoms with Crippen molar-refractivity contribution in [2.24, 2.45) is 0 Å². The zero-order valence-corrected chi connectivity index (χ0v) is 13.1. The number of aromatic nitrogens is 1. The molecule has 0 unspecified atom stereocenters. The lowest BCUT2D eigenvalue weighted by atomic mass is 10.1. The summed E-state index contributed by atoms with van der Waals surface area (Å²) in [4.78, 5) is 13.7. The van der Waals surface area contributed by atoms with Crippen LogP contribution in [0.25, 0.3) is 0 Å². The third-order valence-corrected chi connectivity index (χ3v) is 3.72. The monoisotopic (exact) mass is 318 g/mol. The summed E-state index contributed by atoms with van der Waals surface area (Å²) in [5, 5.41) is 28.8. The number of rotatable bonds is 7. The molecule has 124 valence electrons. The minimum absolute atomic E-state index is 0.0140. The number of aliphatic hydroxyl groups excluding tert-OH is 2. The SMILES string of the molecule is CN(CCO)Cc1c(O)c(=O)cc(CO)n1Cc1ccccc1. The van der Waals surface area contributed by atoms with Crippen molar-refractivity contribution in [3.8, 4) is 5.75 Å². The van der Waals surface area contributed by atoms with Gasteiger partial charge in [0.05, 0.1) is 18.9 Å². The molecule has 0 aliphatic heterocycles. The van der Waals surface area contributed by atoms with E-state index in [1.54, 1.807) is 16.5 Å². The third kappa shape index (κ3) is 4.19. The highest BCUT2D eigenvalue weighted by Crippen LogP contribution is 2.18. The van der Waals surface area contributed by atoms with Gasteiger partial charge < -0.3 is 19.9 Å². The number of nitrogens with zero attached hydrogens (tertiary/aromatic N) is 2. The fourth-order valence-corrected chi connectivity index (χ4v) is 2.50. The number of likely N-dealkylation sites (N-methyl/N-ethyl adjacent to an activating group) is 1. The summed E-state index contributed by atoms with van der Waals surface area (Å²) >= 11 is 0. The first-order valence-corrected chi connectivity index (χ1v) is 7.45. The van der Waals surface area contributed by atoms with Gasteiger partial charge in [0, 0.05) is 31.4 Å². The Hall–Kier alpha value is -2.15. The second kappa shape index (κ2) is 7.92. The van der Waals surface area contributed by atoms with Crippen molar-refractivity contribution in [3.63, 3.8) is 0 Å². The Bertz CT molecular complexity index is 698. The predicted molar refractivity (Wildman–Crippen MR) is 87.3 cm³/mol. The van der Waals surface area contributed by atoms with Gasteiger partial charge in [0.15, 0.2) is 5.75 Å². The molecule has 6 heteroatoms. The average molecular weight is 318 g/mol. The van der Waals surface area contributed by atoms with Crippen LogP contribution in [0.3, 0.4) is 0 Å². The zero-order chi connectivity index (χ0) is 16.8. The molecule has 0 amide bonds. The smallest absolute Gasteiger partial charge is 0.223 e. The Morgan fingerprint density at radius 3 is 2.48 bits per heavy atom. The van der Waals surface area contributed by atoms with E-state index in [0.29, 0.717) is 31.0 Å². The Morgan fingerprint density at radius 1 is 1.17 bits per heavy atom. The lowest BCUT2D eigenvalue weighted by Gasteiger charge is -2.23. The van der Waals surface area contributed by atoms with E-state index in [2.05, 4.69) is 0 Å². The molecule has 0 saturated heterocycles. The number of aliphatic hydroxyl groups is 2. The van der Waals surface area contributed by atoms with Crippen molar-refractivity contribution in [1.29, 1.82) is 0 Å². The minimum atomic E-state index is -0.509. The van der Waals surface area contributed by atoms with E-state index in [9.17, 15) is 15.0 Å². The van der Waals surface area contributed by atoms with Crippen molar-refractivity contribution in [2.75, 3.05) is 20.2 Å². The van der Waals surface area contributed by atoms with Gasteiger partial charge >= 0.3 is 0 Å². The van der Waals surface area contributed by atoms with Crippen LogP contribution in [0, 0.1) is 0 Å². The van der Waals surface area contributed by atoms with Crippen LogP contribution in [-0.4, -0.2) is 45.0 Å². The molecule has 1 aromatic carbocycles. The standard InChI is InChI=1S/C17H22N2O4/c1-18(7-8-20)11-15-17(23)16(22)9-14(12-21)19(15)10-13-5-3-2-4-6-13/h2-6,9,20-21,23H,7-8,10-12H2,1H3. The van der Waals surface area contributed by atoms with Crippen LogP contribution in [0.5, 0.6) is 5.75 Å². The largest absolute Gasteiger partial charge is 0.503 e. The number of hydrogen-bond donors (Lipinski definition) is 3. The fraction of sp³-hybridized carbons (Fsp3) is 0.353. The second-order valence-corrected chi connectivity index (χ2v) is 5.49. The molecule has 0 fully saturated rings. The Labute approximate surface area is 134 Å². The van der Waals surface area contributed by atoms with Crippen molar-refractivity contribution in [2.45, 2.75) is 19.7 Å². The van der Waals surface area contributed by atoms with E-state index in [1.807, 2.05) is 30.3 Å². The van der Waals surface area contributed by atoms with E-state index in [1.165, 1.54) is 6.07 Å². The van der Waals surface area contributed by atoms with E-state index in [0.717, 1.165) is 5.56 Å². The average Bonchev–Trinajstić information content (AvgIpc) is 2.55. The molecule has 2 aromatic rings. The van der Waals surface area contributed by atoms with Crippen LogP contribution in [0.15, 0.2) is 41.2 Å². The number of hydrogen-bond acceptors (Lipinski definition) is 5. The van der Waals surface area contributed by atoms with E-state index in [4.69, 9.17) is 5.11 Å². The number of pyridine rings is 1. The van der Waals surface area contributed by atoms with Crippen LogP contribution in [0.2, 0.25) is 0 Å². The zero-order valence-electron chi connectivity index (χ0n) is 13.1. The van der Waals surface area contributed by atoms with Gasteiger partial charge in [-0.05, 0) is 12.6 Å². The topological polar surface area (TPSA) is 85.9 Å². The second-order valence-electron chi connectivity index (χ2n) is 5.49. The first-order valence-electron chi connectivity index (χ1n) is 7.45. The van der Waals surface area contributed by atoms with Gasteiger partial charge in [0.2, 0.25) is 5.43 Å². The van der Waals surface area contributed by atoms with Crippen LogP contribution < -0.4 is 5.43 Å². The molecule has 23 heavy (non-hydrogen) atoms. The maximum Gasteiger partial charge on any atom is 0.223 e.